The largest absolute Gasteiger partial charge is 0.412 e. The van der Waals surface area contributed by atoms with Crippen molar-refractivity contribution in [2.75, 3.05) is 6.54 Å². The van der Waals surface area contributed by atoms with E-state index < -0.39 is 0 Å². The zero-order valence-electron chi connectivity index (χ0n) is 4.28. The van der Waals surface area contributed by atoms with Crippen LogP contribution in [0.15, 0.2) is 0 Å². The lowest BCUT2D eigenvalue weighted by Gasteiger charge is -1.53. The van der Waals surface area contributed by atoms with Crippen molar-refractivity contribution >= 4 is 0 Å². The highest BCUT2D eigenvalue weighted by atomic mass is 16.0. The summed E-state index contributed by atoms with van der Waals surface area (Å²) in [6.45, 7) is 2.65. The maximum Gasteiger partial charge on any atom is -0.0106 e. The van der Waals surface area contributed by atoms with Crippen molar-refractivity contribution in [2.24, 2.45) is 5.73 Å². The third kappa shape index (κ3) is 2090. The lowest BCUT2D eigenvalue weighted by molar-refractivity contribution is 0.823. The Kier molecular flexibility index (Phi) is 2110. The Labute approximate surface area is 42.4 Å². The smallest absolute Gasteiger partial charge is 0.0106 e. The van der Waals surface area contributed by atoms with E-state index >= 15 is 0 Å². The van der Waals surface area contributed by atoms with Gasteiger partial charge in [-0.15, -0.1) is 0 Å². The van der Waals surface area contributed by atoms with Crippen LogP contribution in [0.4, 0.5) is 0 Å². The van der Waals surface area contributed by atoms with E-state index in [9.17, 15) is 0 Å². The summed E-state index contributed by atoms with van der Waals surface area (Å²) < 4.78 is 0. The van der Waals surface area contributed by atoms with Gasteiger partial charge in [0.15, 0.2) is 0 Å². The van der Waals surface area contributed by atoms with Gasteiger partial charge in [-0.3, -0.25) is 0 Å². The third-order valence-electron chi connectivity index (χ3n) is 0. The van der Waals surface area contributed by atoms with Gasteiger partial charge in [-0.05, 0) is 6.54 Å². The highest BCUT2D eigenvalue weighted by Gasteiger charge is 1.32. The van der Waals surface area contributed by atoms with Crippen LogP contribution < -0.4 is 5.73 Å². The fraction of sp³-hybridized carbons (Fsp3) is 1.00. The van der Waals surface area contributed by atoms with Crippen LogP contribution >= 0.6 is 0 Å². The molecule has 0 aromatic carbocycles. The summed E-state index contributed by atoms with van der Waals surface area (Å²) >= 11 is 0. The van der Waals surface area contributed by atoms with Gasteiger partial charge in [-0.2, -0.15) is 0 Å². The summed E-state index contributed by atoms with van der Waals surface area (Å²) in [4.78, 5) is 0. The van der Waals surface area contributed by atoms with Gasteiger partial charge in [-0.25, -0.2) is 0 Å². The lowest BCUT2D eigenvalue weighted by Crippen LogP contribution is -1.87. The number of rotatable bonds is 0. The lowest BCUT2D eigenvalue weighted by atomic mass is 10.8. The quantitative estimate of drug-likeness (QED) is 0.346. The summed E-state index contributed by atoms with van der Waals surface area (Å²) in [5.74, 6) is 0. The Balaban J connectivity index is -0.00000000333. The van der Waals surface area contributed by atoms with Crippen LogP contribution in [0.3, 0.4) is 0 Å². The van der Waals surface area contributed by atoms with E-state index in [1.807, 2.05) is 6.92 Å². The summed E-state index contributed by atoms with van der Waals surface area (Å²) in [5.41, 5.74) is 4.85. The molecule has 0 atom stereocenters. The second kappa shape index (κ2) is 209. The molecule has 0 aliphatic rings. The molecule has 0 bridgehead atoms. The zero-order chi connectivity index (χ0) is 2.71. The van der Waals surface area contributed by atoms with Crippen molar-refractivity contribution in [3.8, 4) is 0 Å². The van der Waals surface area contributed by atoms with Crippen molar-refractivity contribution in [1.82, 2.24) is 0 Å². The van der Waals surface area contributed by atoms with Crippen molar-refractivity contribution in [3.63, 3.8) is 0 Å². The van der Waals surface area contributed by atoms with E-state index in [1.165, 1.54) is 0 Å². The summed E-state index contributed by atoms with van der Waals surface area (Å²) in [7, 11) is 0. The average molecular weight is 117 g/mol. The molecule has 0 aromatic rings. The molecule has 0 radical (unpaired) electrons. The van der Waals surface area contributed by atoms with E-state index in [2.05, 4.69) is 0 Å². The van der Waals surface area contributed by atoms with E-state index in [-0.39, 0.29) is 21.9 Å². The van der Waals surface area contributed by atoms with Gasteiger partial charge >= 0.3 is 0 Å². The van der Waals surface area contributed by atoms with E-state index in [0.717, 1.165) is 6.54 Å². The van der Waals surface area contributed by atoms with Crippen LogP contribution in [0, 0.1) is 0 Å². The van der Waals surface area contributed by atoms with Crippen molar-refractivity contribution in [1.29, 1.82) is 0 Å². The Morgan fingerprint density at radius 1 is 1.00 bits per heavy atom. The van der Waals surface area contributed by atoms with E-state index in [4.69, 9.17) is 5.73 Å². The Morgan fingerprint density at radius 2 is 1.00 bits per heavy atom. The van der Waals surface area contributed by atoms with Crippen LogP contribution in [0.2, 0.25) is 0 Å². The van der Waals surface area contributed by atoms with Gasteiger partial charge in [0.25, 0.3) is 0 Å². The highest BCUT2D eigenvalue weighted by Crippen LogP contribution is 1.20. The van der Waals surface area contributed by atoms with Crippen LogP contribution in [-0.4, -0.2) is 28.4 Å². The molecule has 0 saturated carbocycles. The Hall–Kier alpha value is -0.200. The average Bonchev–Trinajstić information content (AvgIpc) is 0.918. The Morgan fingerprint density at radius 3 is 1.00 bits per heavy atom. The van der Waals surface area contributed by atoms with Crippen molar-refractivity contribution in [3.05, 3.63) is 0 Å². The molecule has 7 heavy (non-hydrogen) atoms. The topological polar surface area (TPSA) is 152 Å². The summed E-state index contributed by atoms with van der Waals surface area (Å²) in [5, 5.41) is 0. The van der Waals surface area contributed by atoms with E-state index in [0.29, 0.717) is 0 Å². The molecule has 0 spiro atoms. The molecule has 0 saturated heterocycles. The normalized spacial score (nSPS) is 2.57. The first-order valence-electron chi connectivity index (χ1n) is 1.12. The van der Waals surface area contributed by atoms with Crippen molar-refractivity contribution in [2.45, 2.75) is 6.92 Å². The molecule has 52 valence electrons. The minimum Gasteiger partial charge on any atom is -0.412 e. The zero-order valence-corrected chi connectivity index (χ0v) is 4.28. The van der Waals surface area contributed by atoms with Crippen LogP contribution in [0.1, 0.15) is 6.92 Å². The molecule has 0 rings (SSSR count). The molecule has 0 aliphatic heterocycles. The predicted octanol–water partition coefficient (Wildman–Crippen LogP) is -3.33. The molecule has 0 aromatic heterocycles. The predicted molar refractivity (Wildman–Crippen MR) is 29.2 cm³/mol. The molecule has 0 heterocycles. The molecule has 0 unspecified atom stereocenters. The summed E-state index contributed by atoms with van der Waals surface area (Å²) in [6, 6.07) is 0. The molecule has 0 aliphatic carbocycles. The van der Waals surface area contributed by atoms with Gasteiger partial charge < -0.3 is 27.6 Å². The maximum absolute atomic E-state index is 4.85. The first kappa shape index (κ1) is 70.6. The van der Waals surface area contributed by atoms with Crippen LogP contribution in [0.5, 0.6) is 0 Å². The molecule has 10 N–H and O–H groups in total. The SMILES string of the molecule is CCN.O.O.O.O. The maximum atomic E-state index is 4.85. The standard InChI is InChI=1S/C2H7N.4H2O/c1-2-3;;;;/h2-3H2,1H3;4*1H2. The molecule has 5 heteroatoms. The molecule has 0 fully saturated rings. The fourth-order valence-electron chi connectivity index (χ4n) is 0. The summed E-state index contributed by atoms with van der Waals surface area (Å²) in [6.07, 6.45) is 0. The second-order valence-corrected chi connectivity index (χ2v) is 0.408. The van der Waals surface area contributed by atoms with Crippen LogP contribution in [0.25, 0.3) is 0 Å². The van der Waals surface area contributed by atoms with Gasteiger partial charge in [-0.1, -0.05) is 6.92 Å². The number of hydrogen-bond acceptors (Lipinski definition) is 1. The first-order valence-corrected chi connectivity index (χ1v) is 1.12. The monoisotopic (exact) mass is 117 g/mol. The second-order valence-electron chi connectivity index (χ2n) is 0.408. The number of nitrogens with two attached hydrogens (primary N) is 1. The highest BCUT2D eigenvalue weighted by molar-refractivity contribution is 4.00. The van der Waals surface area contributed by atoms with Gasteiger partial charge in [0.1, 0.15) is 0 Å². The molecule has 0 amide bonds. The minimum absolute atomic E-state index is 0. The van der Waals surface area contributed by atoms with Crippen LogP contribution in [-0.2, 0) is 0 Å². The number of hydrogen-bond donors (Lipinski definition) is 1. The van der Waals surface area contributed by atoms with Crippen molar-refractivity contribution < 1.29 is 21.9 Å². The molecule has 5 nitrogen and oxygen atoms in total. The fourth-order valence-corrected chi connectivity index (χ4v) is 0. The third-order valence-corrected chi connectivity index (χ3v) is 0. The minimum atomic E-state index is 0. The van der Waals surface area contributed by atoms with E-state index in [1.54, 1.807) is 0 Å². The first-order chi connectivity index (χ1) is 1.41. The van der Waals surface area contributed by atoms with Gasteiger partial charge in [0.2, 0.25) is 0 Å². The Bertz CT molecular complexity index is 9.65. The molecular weight excluding hydrogens is 102 g/mol. The molecular formula is C2H15NO4. The van der Waals surface area contributed by atoms with Gasteiger partial charge in [0.05, 0.1) is 0 Å². The van der Waals surface area contributed by atoms with Gasteiger partial charge in [0, 0.05) is 0 Å².